The minimum absolute atomic E-state index is 0.0590. The monoisotopic (exact) mass is 180 g/mol. The number of thiazole rings is 1. The first-order valence-electron chi connectivity index (χ1n) is 3.76. The predicted octanol–water partition coefficient (Wildman–Crippen LogP) is 1.32. The first-order chi connectivity index (χ1) is 5.83. The molecule has 2 aromatic heterocycles. The topological polar surface area (TPSA) is 34.4 Å². The fourth-order valence-corrected chi connectivity index (χ4v) is 1.78. The van der Waals surface area contributed by atoms with Crippen molar-refractivity contribution in [3.63, 3.8) is 0 Å². The minimum Gasteiger partial charge on any atom is -0.269 e. The maximum atomic E-state index is 11.6. The summed E-state index contributed by atoms with van der Waals surface area (Å²) in [4.78, 5) is 16.5. The highest BCUT2D eigenvalue weighted by Gasteiger charge is 2.02. The summed E-state index contributed by atoms with van der Waals surface area (Å²) >= 11 is 1.47. The maximum Gasteiger partial charge on any atom is 0.261 e. The molecule has 3 nitrogen and oxygen atoms in total. The third-order valence-electron chi connectivity index (χ3n) is 1.79. The molecule has 0 aliphatic heterocycles. The molecule has 0 radical (unpaired) electrons. The van der Waals surface area contributed by atoms with Gasteiger partial charge in [-0.2, -0.15) is 0 Å². The first-order valence-corrected chi connectivity index (χ1v) is 4.64. The van der Waals surface area contributed by atoms with E-state index in [0.29, 0.717) is 0 Å². The van der Waals surface area contributed by atoms with Gasteiger partial charge in [-0.1, -0.05) is 6.92 Å². The van der Waals surface area contributed by atoms with Crippen LogP contribution in [0.25, 0.3) is 4.96 Å². The van der Waals surface area contributed by atoms with Crippen molar-refractivity contribution < 1.29 is 0 Å². The standard InChI is InChI=1S/C8H8N2OS/c1-2-6-5-9-8-10(7(6)11)3-4-12-8/h3-5H,2H2,1H3. The molecule has 4 heteroatoms. The molecule has 0 unspecified atom stereocenters. The molecule has 2 aromatic rings. The Kier molecular flexibility index (Phi) is 1.69. The average molecular weight is 180 g/mol. The fourth-order valence-electron chi connectivity index (χ4n) is 1.11. The number of hydrogen-bond donors (Lipinski definition) is 0. The number of nitrogens with zero attached hydrogens (tertiary/aromatic N) is 2. The van der Waals surface area contributed by atoms with Crippen LogP contribution in [-0.2, 0) is 6.42 Å². The van der Waals surface area contributed by atoms with Gasteiger partial charge in [0.05, 0.1) is 0 Å². The summed E-state index contributed by atoms with van der Waals surface area (Å²) in [7, 11) is 0. The van der Waals surface area contributed by atoms with E-state index < -0.39 is 0 Å². The highest BCUT2D eigenvalue weighted by atomic mass is 32.1. The van der Waals surface area contributed by atoms with Crippen LogP contribution in [0, 0.1) is 0 Å². The van der Waals surface area contributed by atoms with Gasteiger partial charge >= 0.3 is 0 Å². The zero-order valence-corrected chi connectivity index (χ0v) is 7.47. The van der Waals surface area contributed by atoms with Crippen molar-refractivity contribution in [2.24, 2.45) is 0 Å². The average Bonchev–Trinajstić information content (AvgIpc) is 2.53. The SMILES string of the molecule is CCc1cnc2sccn2c1=O. The largest absolute Gasteiger partial charge is 0.269 e. The van der Waals surface area contributed by atoms with E-state index in [1.165, 1.54) is 11.3 Å². The molecule has 62 valence electrons. The predicted molar refractivity (Wildman–Crippen MR) is 48.7 cm³/mol. The lowest BCUT2D eigenvalue weighted by atomic mass is 10.3. The van der Waals surface area contributed by atoms with E-state index >= 15 is 0 Å². The van der Waals surface area contributed by atoms with Crippen LogP contribution in [-0.4, -0.2) is 9.38 Å². The molecular formula is C8H8N2OS. The Morgan fingerprint density at radius 1 is 1.67 bits per heavy atom. The van der Waals surface area contributed by atoms with Crippen LogP contribution in [0.3, 0.4) is 0 Å². The smallest absolute Gasteiger partial charge is 0.261 e. The first kappa shape index (κ1) is 7.49. The van der Waals surface area contributed by atoms with Gasteiger partial charge in [-0.25, -0.2) is 4.98 Å². The highest BCUT2D eigenvalue weighted by Crippen LogP contribution is 2.05. The molecule has 0 atom stereocenters. The van der Waals surface area contributed by atoms with Gasteiger partial charge in [0.25, 0.3) is 5.56 Å². The Hall–Kier alpha value is -1.16. The summed E-state index contributed by atoms with van der Waals surface area (Å²) < 4.78 is 1.59. The van der Waals surface area contributed by atoms with E-state index in [0.717, 1.165) is 16.9 Å². The number of hydrogen-bond acceptors (Lipinski definition) is 3. The van der Waals surface area contributed by atoms with Gasteiger partial charge in [-0.15, -0.1) is 11.3 Å². The molecule has 2 rings (SSSR count). The van der Waals surface area contributed by atoms with Crippen molar-refractivity contribution in [3.05, 3.63) is 33.7 Å². The van der Waals surface area contributed by atoms with E-state index in [2.05, 4.69) is 4.98 Å². The van der Waals surface area contributed by atoms with Crippen molar-refractivity contribution in [3.8, 4) is 0 Å². The molecule has 2 heterocycles. The van der Waals surface area contributed by atoms with Crippen LogP contribution in [0.15, 0.2) is 22.6 Å². The number of aromatic nitrogens is 2. The van der Waals surface area contributed by atoms with Gasteiger partial charge < -0.3 is 0 Å². The van der Waals surface area contributed by atoms with Crippen molar-refractivity contribution in [2.75, 3.05) is 0 Å². The second kappa shape index (κ2) is 2.71. The van der Waals surface area contributed by atoms with Gasteiger partial charge in [0, 0.05) is 23.3 Å². The highest BCUT2D eigenvalue weighted by molar-refractivity contribution is 7.15. The lowest BCUT2D eigenvalue weighted by Gasteiger charge is -1.94. The van der Waals surface area contributed by atoms with Gasteiger partial charge in [0.2, 0.25) is 0 Å². The third-order valence-corrected chi connectivity index (χ3v) is 2.57. The summed E-state index contributed by atoms with van der Waals surface area (Å²) in [5.74, 6) is 0. The van der Waals surface area contributed by atoms with Gasteiger partial charge in [0.15, 0.2) is 4.96 Å². The zero-order chi connectivity index (χ0) is 8.55. The Morgan fingerprint density at radius 2 is 2.50 bits per heavy atom. The second-order valence-electron chi connectivity index (χ2n) is 2.50. The quantitative estimate of drug-likeness (QED) is 0.663. The van der Waals surface area contributed by atoms with Crippen LogP contribution in [0.4, 0.5) is 0 Å². The Bertz CT molecular complexity index is 457. The van der Waals surface area contributed by atoms with Crippen LogP contribution < -0.4 is 5.56 Å². The summed E-state index contributed by atoms with van der Waals surface area (Å²) in [5, 5.41) is 1.86. The van der Waals surface area contributed by atoms with E-state index in [1.54, 1.807) is 16.8 Å². The van der Waals surface area contributed by atoms with Crippen molar-refractivity contribution in [1.82, 2.24) is 9.38 Å². The molecule has 12 heavy (non-hydrogen) atoms. The maximum absolute atomic E-state index is 11.6. The number of fused-ring (bicyclic) bond motifs is 1. The van der Waals surface area contributed by atoms with Crippen molar-refractivity contribution in [2.45, 2.75) is 13.3 Å². The summed E-state index contributed by atoms with van der Waals surface area (Å²) in [6.45, 7) is 1.96. The van der Waals surface area contributed by atoms with E-state index in [9.17, 15) is 4.79 Å². The molecular weight excluding hydrogens is 172 g/mol. The Balaban J connectivity index is 2.88. The molecule has 0 amide bonds. The molecule has 0 aromatic carbocycles. The van der Waals surface area contributed by atoms with Crippen molar-refractivity contribution in [1.29, 1.82) is 0 Å². The van der Waals surface area contributed by atoms with Gasteiger partial charge in [0.1, 0.15) is 0 Å². The Labute approximate surface area is 73.3 Å². The van der Waals surface area contributed by atoms with E-state index in [-0.39, 0.29) is 5.56 Å². The lowest BCUT2D eigenvalue weighted by Crippen LogP contribution is -2.16. The third kappa shape index (κ3) is 0.956. The van der Waals surface area contributed by atoms with Gasteiger partial charge in [-0.05, 0) is 6.42 Å². The van der Waals surface area contributed by atoms with Crippen LogP contribution in [0.5, 0.6) is 0 Å². The minimum atomic E-state index is 0.0590. The molecule has 0 spiro atoms. The van der Waals surface area contributed by atoms with E-state index in [4.69, 9.17) is 0 Å². The molecule has 0 bridgehead atoms. The number of aryl methyl sites for hydroxylation is 1. The normalized spacial score (nSPS) is 10.8. The molecule has 0 fully saturated rings. The van der Waals surface area contributed by atoms with Gasteiger partial charge in [-0.3, -0.25) is 9.20 Å². The molecule has 0 aliphatic carbocycles. The zero-order valence-electron chi connectivity index (χ0n) is 6.65. The molecule has 0 N–H and O–H groups in total. The lowest BCUT2D eigenvalue weighted by molar-refractivity contribution is 0.984. The summed E-state index contributed by atoms with van der Waals surface area (Å²) in [5.41, 5.74) is 0.828. The molecule has 0 saturated heterocycles. The fraction of sp³-hybridized carbons (Fsp3) is 0.250. The molecule has 0 saturated carbocycles. The molecule has 0 aliphatic rings. The van der Waals surface area contributed by atoms with Crippen molar-refractivity contribution >= 4 is 16.3 Å². The van der Waals surface area contributed by atoms with Crippen LogP contribution in [0.1, 0.15) is 12.5 Å². The number of rotatable bonds is 1. The van der Waals surface area contributed by atoms with Crippen LogP contribution >= 0.6 is 11.3 Å². The van der Waals surface area contributed by atoms with E-state index in [1.807, 2.05) is 12.3 Å². The summed E-state index contributed by atoms with van der Waals surface area (Å²) in [6.07, 6.45) is 4.16. The Morgan fingerprint density at radius 3 is 3.25 bits per heavy atom. The van der Waals surface area contributed by atoms with Crippen LogP contribution in [0.2, 0.25) is 0 Å². The summed E-state index contributed by atoms with van der Waals surface area (Å²) in [6, 6.07) is 0. The second-order valence-corrected chi connectivity index (χ2v) is 3.37.